The van der Waals surface area contributed by atoms with Crippen molar-refractivity contribution < 1.29 is 0 Å². The van der Waals surface area contributed by atoms with Crippen LogP contribution in [0.3, 0.4) is 0 Å². The molecule has 2 nitrogen and oxygen atoms in total. The van der Waals surface area contributed by atoms with E-state index in [1.807, 2.05) is 30.6 Å². The zero-order chi connectivity index (χ0) is 9.10. The van der Waals surface area contributed by atoms with E-state index >= 15 is 0 Å². The van der Waals surface area contributed by atoms with Crippen molar-refractivity contribution in [3.8, 4) is 0 Å². The zero-order valence-electron chi connectivity index (χ0n) is 6.97. The van der Waals surface area contributed by atoms with Gasteiger partial charge in [-0.3, -0.25) is 4.99 Å². The van der Waals surface area contributed by atoms with Gasteiger partial charge in [-0.25, -0.2) is 0 Å². The van der Waals surface area contributed by atoms with Gasteiger partial charge in [0.2, 0.25) is 0 Å². The van der Waals surface area contributed by atoms with E-state index in [-0.39, 0.29) is 4.95 Å². The molecule has 1 aromatic carbocycles. The number of para-hydroxylation sites is 1. The lowest BCUT2D eigenvalue weighted by Gasteiger charge is -2.25. The second kappa shape index (κ2) is 3.75. The minimum absolute atomic E-state index is 0.153. The molecule has 0 bridgehead atoms. The van der Waals surface area contributed by atoms with Gasteiger partial charge < -0.3 is 4.90 Å². The highest BCUT2D eigenvalue weighted by atomic mass is 79.9. The summed E-state index contributed by atoms with van der Waals surface area (Å²) in [4.78, 5) is 6.30. The third-order valence-electron chi connectivity index (χ3n) is 1.84. The predicted molar refractivity (Wildman–Crippen MR) is 59.3 cm³/mol. The van der Waals surface area contributed by atoms with E-state index in [2.05, 4.69) is 38.0 Å². The van der Waals surface area contributed by atoms with Crippen LogP contribution in [0.2, 0.25) is 0 Å². The lowest BCUT2D eigenvalue weighted by atomic mass is 10.3. The highest BCUT2D eigenvalue weighted by Gasteiger charge is 2.12. The number of aliphatic imine (C=N–C) groups is 1. The van der Waals surface area contributed by atoms with Crippen molar-refractivity contribution in [1.29, 1.82) is 0 Å². The Morgan fingerprint density at radius 2 is 2.00 bits per heavy atom. The molecule has 2 rings (SSSR count). The van der Waals surface area contributed by atoms with Crippen LogP contribution in [0, 0.1) is 0 Å². The maximum atomic E-state index is 4.04. The van der Waals surface area contributed by atoms with Crippen LogP contribution < -0.4 is 4.90 Å². The summed E-state index contributed by atoms with van der Waals surface area (Å²) in [7, 11) is 0. The first-order chi connectivity index (χ1) is 6.38. The van der Waals surface area contributed by atoms with Crippen molar-refractivity contribution in [2.45, 2.75) is 4.95 Å². The fourth-order valence-corrected chi connectivity index (χ4v) is 1.72. The Kier molecular flexibility index (Phi) is 2.45. The standard InChI is InChI=1S/C10H9BrN2/c11-10-8-12-6-7-13(10)9-4-2-1-3-5-9/h1-8,10H. The minimum Gasteiger partial charge on any atom is -0.328 e. The van der Waals surface area contributed by atoms with Crippen LogP contribution in [-0.4, -0.2) is 11.2 Å². The summed E-state index contributed by atoms with van der Waals surface area (Å²) in [6, 6.07) is 10.2. The van der Waals surface area contributed by atoms with Gasteiger partial charge >= 0.3 is 0 Å². The summed E-state index contributed by atoms with van der Waals surface area (Å²) in [6.45, 7) is 0. The highest BCUT2D eigenvalue weighted by molar-refractivity contribution is 9.10. The summed E-state index contributed by atoms with van der Waals surface area (Å²) in [5.41, 5.74) is 1.16. The lowest BCUT2D eigenvalue weighted by molar-refractivity contribution is 1.07. The Balaban J connectivity index is 2.27. The van der Waals surface area contributed by atoms with E-state index in [0.29, 0.717) is 0 Å². The Bertz CT molecular complexity index is 332. The van der Waals surface area contributed by atoms with E-state index in [1.165, 1.54) is 0 Å². The van der Waals surface area contributed by atoms with Crippen molar-refractivity contribution in [2.24, 2.45) is 4.99 Å². The highest BCUT2D eigenvalue weighted by Crippen LogP contribution is 2.20. The molecule has 0 amide bonds. The monoisotopic (exact) mass is 236 g/mol. The van der Waals surface area contributed by atoms with E-state index in [4.69, 9.17) is 0 Å². The maximum Gasteiger partial charge on any atom is 0.124 e. The molecule has 1 unspecified atom stereocenters. The summed E-state index contributed by atoms with van der Waals surface area (Å²) in [6.07, 6.45) is 5.59. The van der Waals surface area contributed by atoms with Crippen molar-refractivity contribution in [2.75, 3.05) is 4.90 Å². The van der Waals surface area contributed by atoms with Gasteiger partial charge in [-0.1, -0.05) is 34.1 Å². The van der Waals surface area contributed by atoms with Crippen molar-refractivity contribution >= 4 is 27.8 Å². The molecule has 0 aliphatic carbocycles. The van der Waals surface area contributed by atoms with E-state index in [0.717, 1.165) is 5.69 Å². The molecule has 3 heteroatoms. The Morgan fingerprint density at radius 3 is 2.69 bits per heavy atom. The number of benzene rings is 1. The quantitative estimate of drug-likeness (QED) is 0.541. The molecule has 0 saturated carbocycles. The number of anilines is 1. The lowest BCUT2D eigenvalue weighted by Crippen LogP contribution is -2.27. The maximum absolute atomic E-state index is 4.04. The normalized spacial score (nSPS) is 20.7. The van der Waals surface area contributed by atoms with Crippen LogP contribution in [-0.2, 0) is 0 Å². The number of alkyl halides is 1. The first-order valence-corrected chi connectivity index (χ1v) is 4.97. The van der Waals surface area contributed by atoms with Gasteiger partial charge in [0.25, 0.3) is 0 Å². The topological polar surface area (TPSA) is 15.6 Å². The molecule has 1 atom stereocenters. The van der Waals surface area contributed by atoms with Gasteiger partial charge in [0.05, 0.1) is 0 Å². The van der Waals surface area contributed by atoms with Gasteiger partial charge in [-0.2, -0.15) is 0 Å². The van der Waals surface area contributed by atoms with Gasteiger partial charge in [-0.15, -0.1) is 0 Å². The third kappa shape index (κ3) is 1.80. The minimum atomic E-state index is 0.153. The summed E-state index contributed by atoms with van der Waals surface area (Å²) in [5, 5.41) is 0. The Labute approximate surface area is 85.7 Å². The van der Waals surface area contributed by atoms with Gasteiger partial charge in [0.15, 0.2) is 0 Å². The second-order valence-electron chi connectivity index (χ2n) is 2.71. The van der Waals surface area contributed by atoms with Crippen LogP contribution in [0.25, 0.3) is 0 Å². The fourth-order valence-electron chi connectivity index (χ4n) is 1.21. The van der Waals surface area contributed by atoms with Crippen LogP contribution in [0.4, 0.5) is 5.69 Å². The van der Waals surface area contributed by atoms with Gasteiger partial charge in [0, 0.05) is 24.3 Å². The molecule has 66 valence electrons. The molecule has 0 aromatic heterocycles. The number of rotatable bonds is 1. The number of hydrogen-bond donors (Lipinski definition) is 0. The molecule has 1 aliphatic rings. The van der Waals surface area contributed by atoms with E-state index < -0.39 is 0 Å². The smallest absolute Gasteiger partial charge is 0.124 e. The fraction of sp³-hybridized carbons (Fsp3) is 0.100. The molecular weight excluding hydrogens is 228 g/mol. The van der Waals surface area contributed by atoms with Crippen molar-refractivity contribution in [3.63, 3.8) is 0 Å². The molecule has 13 heavy (non-hydrogen) atoms. The molecule has 0 radical (unpaired) electrons. The third-order valence-corrected chi connectivity index (χ3v) is 2.52. The average Bonchev–Trinajstić information content (AvgIpc) is 2.20. The van der Waals surface area contributed by atoms with E-state index in [1.54, 1.807) is 6.20 Å². The summed E-state index contributed by atoms with van der Waals surface area (Å²) < 4.78 is 0. The molecule has 0 spiro atoms. The van der Waals surface area contributed by atoms with Gasteiger partial charge in [0.1, 0.15) is 4.95 Å². The summed E-state index contributed by atoms with van der Waals surface area (Å²) >= 11 is 3.52. The van der Waals surface area contributed by atoms with Crippen LogP contribution in [0.15, 0.2) is 47.7 Å². The molecule has 1 aromatic rings. The first-order valence-electron chi connectivity index (χ1n) is 4.05. The number of halogens is 1. The molecule has 0 saturated heterocycles. The number of nitrogens with zero attached hydrogens (tertiary/aromatic N) is 2. The van der Waals surface area contributed by atoms with Crippen LogP contribution in [0.5, 0.6) is 0 Å². The largest absolute Gasteiger partial charge is 0.328 e. The predicted octanol–water partition coefficient (Wildman–Crippen LogP) is 2.77. The molecule has 1 aliphatic heterocycles. The molecular formula is C10H9BrN2. The number of hydrogen-bond acceptors (Lipinski definition) is 2. The van der Waals surface area contributed by atoms with Crippen molar-refractivity contribution in [1.82, 2.24) is 0 Å². The van der Waals surface area contributed by atoms with Crippen molar-refractivity contribution in [3.05, 3.63) is 42.7 Å². The van der Waals surface area contributed by atoms with Crippen LogP contribution in [0.1, 0.15) is 0 Å². The average molecular weight is 237 g/mol. The second-order valence-corrected chi connectivity index (χ2v) is 3.65. The summed E-state index contributed by atoms with van der Waals surface area (Å²) in [5.74, 6) is 0. The first kappa shape index (κ1) is 8.51. The Hall–Kier alpha value is -1.09. The molecule has 0 N–H and O–H groups in total. The van der Waals surface area contributed by atoms with Gasteiger partial charge in [-0.05, 0) is 12.1 Å². The molecule has 1 heterocycles. The van der Waals surface area contributed by atoms with Crippen LogP contribution >= 0.6 is 15.9 Å². The molecule has 0 fully saturated rings. The van der Waals surface area contributed by atoms with E-state index in [9.17, 15) is 0 Å². The Morgan fingerprint density at radius 1 is 1.23 bits per heavy atom. The SMILES string of the molecule is BrC1C=NC=CN1c1ccccc1. The zero-order valence-corrected chi connectivity index (χ0v) is 8.55.